The van der Waals surface area contributed by atoms with Crippen LogP contribution in [0, 0.1) is 5.92 Å². The number of halogens is 8. The van der Waals surface area contributed by atoms with Crippen LogP contribution in [0.15, 0.2) is 0 Å². The molecule has 2 atom stereocenters. The van der Waals surface area contributed by atoms with E-state index in [1.807, 2.05) is 13.8 Å². The quantitative estimate of drug-likeness (QED) is 0.0903. The average molecular weight is 524 g/mol. The molecule has 0 saturated carbocycles. The van der Waals surface area contributed by atoms with Crippen molar-refractivity contribution in [3.63, 3.8) is 0 Å². The highest BCUT2D eigenvalue weighted by Gasteiger charge is 2.75. The molecule has 0 aromatic carbocycles. The fourth-order valence-corrected chi connectivity index (χ4v) is 2.75. The Morgan fingerprint density at radius 3 is 2.12 bits per heavy atom. The number of ether oxygens (including phenoxy) is 2. The van der Waals surface area contributed by atoms with Crippen molar-refractivity contribution in [2.24, 2.45) is 5.92 Å². The molecule has 0 aliphatic rings. The standard InChI is InChI=1S/C17H24F8O7S/c1-3-5-6-10(4-2)8-29-13(27)11(33-32-31-28)7-12(26)30-9-15(20,21)17(24,25)16(22,23)14(18)19/h10-11,14,28H,3-9H2,1-2H3. The second-order valence-corrected chi connectivity index (χ2v) is 7.74. The van der Waals surface area contributed by atoms with Crippen molar-refractivity contribution in [3.05, 3.63) is 0 Å². The summed E-state index contributed by atoms with van der Waals surface area (Å²) in [6.45, 7) is 1.000. The summed E-state index contributed by atoms with van der Waals surface area (Å²) in [7, 11) is 0. The summed E-state index contributed by atoms with van der Waals surface area (Å²) in [5.41, 5.74) is 0. The molecule has 0 aliphatic heterocycles. The van der Waals surface area contributed by atoms with E-state index in [1.165, 1.54) is 0 Å². The zero-order valence-electron chi connectivity index (χ0n) is 17.5. The molecule has 196 valence electrons. The second-order valence-electron chi connectivity index (χ2n) is 6.84. The minimum Gasteiger partial charge on any atom is -0.464 e. The van der Waals surface area contributed by atoms with E-state index < -0.39 is 54.4 Å². The number of esters is 2. The van der Waals surface area contributed by atoms with Crippen LogP contribution in [0.25, 0.3) is 0 Å². The van der Waals surface area contributed by atoms with Crippen molar-refractivity contribution in [1.82, 2.24) is 0 Å². The van der Waals surface area contributed by atoms with Crippen molar-refractivity contribution in [2.75, 3.05) is 13.2 Å². The molecule has 16 heteroatoms. The van der Waals surface area contributed by atoms with E-state index >= 15 is 0 Å². The molecule has 0 rings (SSSR count). The Morgan fingerprint density at radius 1 is 1.03 bits per heavy atom. The fourth-order valence-electron chi connectivity index (χ4n) is 2.27. The van der Waals surface area contributed by atoms with E-state index in [2.05, 4.69) is 14.1 Å². The van der Waals surface area contributed by atoms with Crippen molar-refractivity contribution in [3.8, 4) is 0 Å². The van der Waals surface area contributed by atoms with Gasteiger partial charge in [0.2, 0.25) is 0 Å². The van der Waals surface area contributed by atoms with Gasteiger partial charge in [0.25, 0.3) is 0 Å². The zero-order valence-corrected chi connectivity index (χ0v) is 18.3. The summed E-state index contributed by atoms with van der Waals surface area (Å²) in [5, 5.41) is 9.73. The smallest absolute Gasteiger partial charge is 0.381 e. The van der Waals surface area contributed by atoms with Crippen LogP contribution in [0.5, 0.6) is 0 Å². The van der Waals surface area contributed by atoms with Crippen molar-refractivity contribution < 1.29 is 68.8 Å². The van der Waals surface area contributed by atoms with Gasteiger partial charge in [-0.1, -0.05) is 38.1 Å². The highest BCUT2D eigenvalue weighted by Crippen LogP contribution is 2.48. The number of hydrogen-bond acceptors (Lipinski definition) is 8. The van der Waals surface area contributed by atoms with Gasteiger partial charge in [-0.25, -0.2) is 14.0 Å². The molecule has 0 spiro atoms. The van der Waals surface area contributed by atoms with Crippen molar-refractivity contribution in [2.45, 2.75) is 75.4 Å². The highest BCUT2D eigenvalue weighted by atomic mass is 32.2. The molecular weight excluding hydrogens is 500 g/mol. The van der Waals surface area contributed by atoms with Gasteiger partial charge in [-0.15, -0.1) is 4.33 Å². The Hall–Kier alpha value is -1.39. The van der Waals surface area contributed by atoms with Crippen LogP contribution in [-0.4, -0.2) is 59.9 Å². The third kappa shape index (κ3) is 9.41. The Kier molecular flexibility index (Phi) is 13.5. The molecule has 0 radical (unpaired) electrons. The molecule has 33 heavy (non-hydrogen) atoms. The molecule has 0 saturated heterocycles. The third-order valence-corrected chi connectivity index (χ3v) is 5.10. The summed E-state index contributed by atoms with van der Waals surface area (Å²) >= 11 is -0.0203. The number of alkyl halides is 8. The van der Waals surface area contributed by atoms with E-state index in [0.717, 1.165) is 12.8 Å². The number of hydrogen-bond donors (Lipinski definition) is 1. The maximum Gasteiger partial charge on any atom is 0.381 e. The van der Waals surface area contributed by atoms with Crippen LogP contribution in [0.3, 0.4) is 0 Å². The van der Waals surface area contributed by atoms with Crippen LogP contribution < -0.4 is 0 Å². The Labute approximate surface area is 188 Å². The van der Waals surface area contributed by atoms with E-state index in [4.69, 9.17) is 9.99 Å². The van der Waals surface area contributed by atoms with E-state index in [-0.39, 0.29) is 24.6 Å². The third-order valence-electron chi connectivity index (χ3n) is 4.37. The number of rotatable bonds is 17. The summed E-state index contributed by atoms with van der Waals surface area (Å²) < 4.78 is 116. The molecule has 0 aromatic rings. The lowest BCUT2D eigenvalue weighted by Gasteiger charge is -2.31. The van der Waals surface area contributed by atoms with Gasteiger partial charge in [-0.3, -0.25) is 9.59 Å². The van der Waals surface area contributed by atoms with E-state index in [9.17, 15) is 44.7 Å². The van der Waals surface area contributed by atoms with Crippen molar-refractivity contribution in [1.29, 1.82) is 0 Å². The van der Waals surface area contributed by atoms with Gasteiger partial charge in [0.15, 0.2) is 6.61 Å². The maximum atomic E-state index is 13.5. The van der Waals surface area contributed by atoms with Gasteiger partial charge in [0.05, 0.1) is 25.1 Å². The summed E-state index contributed by atoms with van der Waals surface area (Å²) in [4.78, 5) is 23.8. The number of carbonyl (C=O) groups excluding carboxylic acids is 2. The minimum atomic E-state index is -6.55. The first-order valence-corrected chi connectivity index (χ1v) is 10.4. The van der Waals surface area contributed by atoms with Gasteiger partial charge in [0.1, 0.15) is 5.25 Å². The lowest BCUT2D eigenvalue weighted by atomic mass is 10.0. The van der Waals surface area contributed by atoms with Crippen molar-refractivity contribution >= 4 is 24.0 Å². The minimum absolute atomic E-state index is 0.0203. The Balaban J connectivity index is 5.06. The first-order valence-electron chi connectivity index (χ1n) is 9.55. The van der Waals surface area contributed by atoms with E-state index in [1.54, 1.807) is 0 Å². The topological polar surface area (TPSA) is 91.3 Å². The lowest BCUT2D eigenvalue weighted by molar-refractivity contribution is -0.432. The van der Waals surface area contributed by atoms with Crippen LogP contribution in [0.4, 0.5) is 35.1 Å². The average Bonchev–Trinajstić information content (AvgIpc) is 2.74. The molecular formula is C17H24F8O7S. The molecule has 0 amide bonds. The molecule has 0 fully saturated rings. The molecule has 0 heterocycles. The second kappa shape index (κ2) is 14.1. The first-order chi connectivity index (χ1) is 15.2. The normalized spacial score (nSPS) is 14.8. The van der Waals surface area contributed by atoms with Crippen LogP contribution in [-0.2, 0) is 28.4 Å². The van der Waals surface area contributed by atoms with Gasteiger partial charge < -0.3 is 9.47 Å². The molecule has 2 unspecified atom stereocenters. The number of carbonyl (C=O) groups is 2. The summed E-state index contributed by atoms with van der Waals surface area (Å²) in [6.07, 6.45) is -3.22. The fraction of sp³-hybridized carbons (Fsp3) is 0.882. The SMILES string of the molecule is CCCCC(CC)COC(=O)C(CC(=O)OCC(F)(F)C(F)(F)C(F)(F)C(F)F)SOOO. The summed E-state index contributed by atoms with van der Waals surface area (Å²) in [6, 6.07) is 0. The maximum absolute atomic E-state index is 13.5. The molecule has 1 N–H and O–H groups in total. The molecule has 0 bridgehead atoms. The monoisotopic (exact) mass is 524 g/mol. The lowest BCUT2D eigenvalue weighted by Crippen LogP contribution is -2.59. The van der Waals surface area contributed by atoms with Crippen LogP contribution in [0.1, 0.15) is 46.0 Å². The zero-order chi connectivity index (χ0) is 25.9. The molecule has 0 aromatic heterocycles. The predicted octanol–water partition coefficient (Wildman–Crippen LogP) is 5.29. The highest BCUT2D eigenvalue weighted by molar-refractivity contribution is 7.95. The van der Waals surface area contributed by atoms with Crippen LogP contribution >= 0.6 is 12.0 Å². The van der Waals surface area contributed by atoms with Crippen LogP contribution in [0.2, 0.25) is 0 Å². The van der Waals surface area contributed by atoms with Gasteiger partial charge in [-0.05, 0) is 12.3 Å². The predicted molar refractivity (Wildman–Crippen MR) is 96.9 cm³/mol. The Morgan fingerprint density at radius 2 is 1.64 bits per heavy atom. The Bertz CT molecular complexity index is 610. The van der Waals surface area contributed by atoms with Gasteiger partial charge >= 0.3 is 36.1 Å². The van der Waals surface area contributed by atoms with Gasteiger partial charge in [-0.2, -0.15) is 26.3 Å². The molecule has 0 aliphatic carbocycles. The van der Waals surface area contributed by atoms with E-state index in [0.29, 0.717) is 12.8 Å². The largest absolute Gasteiger partial charge is 0.464 e. The first kappa shape index (κ1) is 31.6. The number of unbranched alkanes of at least 4 members (excludes halogenated alkanes) is 1. The molecule has 7 nitrogen and oxygen atoms in total. The van der Waals surface area contributed by atoms with Gasteiger partial charge in [0, 0.05) is 0 Å². The summed E-state index contributed by atoms with van der Waals surface area (Å²) in [5.74, 6) is -21.8.